The van der Waals surface area contributed by atoms with Gasteiger partial charge in [-0.1, -0.05) is 56.7 Å². The second-order valence-electron chi connectivity index (χ2n) is 11.7. The largest absolute Gasteiger partial charge is 0.467 e. The number of Topliss-reactive ketones (excluding diaryl/α,β-unsaturated/α-hetero) is 1. The molecule has 3 rings (SSSR count). The molecule has 2 aromatic carbocycles. The highest BCUT2D eigenvalue weighted by molar-refractivity contribution is 5.93. The smallest absolute Gasteiger partial charge is 0.328 e. The van der Waals surface area contributed by atoms with Crippen molar-refractivity contribution in [3.63, 3.8) is 0 Å². The quantitative estimate of drug-likeness (QED) is 0.277. The average Bonchev–Trinajstić information content (AvgIpc) is 3.01. The first-order valence-electron chi connectivity index (χ1n) is 15.4. The van der Waals surface area contributed by atoms with Gasteiger partial charge in [-0.3, -0.25) is 14.4 Å². The Balaban J connectivity index is 1.83. The lowest BCUT2D eigenvalue weighted by molar-refractivity contribution is -0.144. The molecule has 4 amide bonds. The van der Waals surface area contributed by atoms with Crippen LogP contribution in [0.3, 0.4) is 0 Å². The molecule has 0 saturated heterocycles. The normalized spacial score (nSPS) is 19.3. The Bertz CT molecular complexity index is 1420. The molecule has 4 N–H and O–H groups in total. The van der Waals surface area contributed by atoms with Gasteiger partial charge in [-0.25, -0.2) is 18.4 Å². The number of halogens is 2. The van der Waals surface area contributed by atoms with Gasteiger partial charge in [-0.15, -0.1) is 0 Å². The van der Waals surface area contributed by atoms with Crippen molar-refractivity contribution in [1.29, 1.82) is 0 Å². The fourth-order valence-electron chi connectivity index (χ4n) is 5.18. The molecule has 10 nitrogen and oxygen atoms in total. The first-order valence-corrected chi connectivity index (χ1v) is 15.4. The summed E-state index contributed by atoms with van der Waals surface area (Å²) in [5.41, 5.74) is 0.788. The van der Waals surface area contributed by atoms with E-state index in [1.165, 1.54) is 49.6 Å². The van der Waals surface area contributed by atoms with E-state index in [0.29, 0.717) is 31.4 Å². The lowest BCUT2D eigenvalue weighted by atomic mass is 9.90. The number of carbonyl (C=O) groups is 5. The summed E-state index contributed by atoms with van der Waals surface area (Å²) in [4.78, 5) is 64.9. The Morgan fingerprint density at radius 1 is 1.02 bits per heavy atom. The second-order valence-corrected chi connectivity index (χ2v) is 11.7. The molecule has 46 heavy (non-hydrogen) atoms. The molecule has 12 heteroatoms. The Hall–Kier alpha value is -4.61. The number of hydrogen-bond acceptors (Lipinski definition) is 6. The number of ketones is 1. The highest BCUT2D eigenvalue weighted by Gasteiger charge is 2.31. The summed E-state index contributed by atoms with van der Waals surface area (Å²) >= 11 is 0. The van der Waals surface area contributed by atoms with Crippen LogP contribution in [0.25, 0.3) is 0 Å². The van der Waals surface area contributed by atoms with Gasteiger partial charge in [0.2, 0.25) is 11.8 Å². The molecular formula is C34H42F2N4O6. The van der Waals surface area contributed by atoms with E-state index in [-0.39, 0.29) is 36.7 Å². The predicted octanol–water partition coefficient (Wildman–Crippen LogP) is 3.53. The van der Waals surface area contributed by atoms with E-state index < -0.39 is 59.4 Å². The fraction of sp³-hybridized carbons (Fsp3) is 0.441. The van der Waals surface area contributed by atoms with Crippen LogP contribution in [0.15, 0.2) is 60.7 Å². The molecule has 4 atom stereocenters. The molecule has 0 radical (unpaired) electrons. The van der Waals surface area contributed by atoms with Gasteiger partial charge in [-0.2, -0.15) is 0 Å². The van der Waals surface area contributed by atoms with Crippen LogP contribution in [0.1, 0.15) is 50.7 Å². The lowest BCUT2D eigenvalue weighted by Crippen LogP contribution is -2.53. The average molecular weight is 641 g/mol. The molecular weight excluding hydrogens is 598 g/mol. The first-order chi connectivity index (χ1) is 22.0. The molecule has 248 valence electrons. The van der Waals surface area contributed by atoms with Gasteiger partial charge in [-0.05, 0) is 54.5 Å². The highest BCUT2D eigenvalue weighted by atomic mass is 19.1. The Morgan fingerprint density at radius 3 is 2.48 bits per heavy atom. The zero-order valence-corrected chi connectivity index (χ0v) is 26.3. The van der Waals surface area contributed by atoms with Crippen molar-refractivity contribution in [3.8, 4) is 0 Å². The molecule has 1 aliphatic rings. The van der Waals surface area contributed by atoms with Crippen LogP contribution >= 0.6 is 0 Å². The third kappa shape index (κ3) is 11.4. The van der Waals surface area contributed by atoms with Gasteiger partial charge in [0, 0.05) is 31.4 Å². The number of esters is 1. The van der Waals surface area contributed by atoms with E-state index in [9.17, 15) is 32.8 Å². The van der Waals surface area contributed by atoms with Crippen molar-refractivity contribution in [1.82, 2.24) is 21.3 Å². The van der Waals surface area contributed by atoms with Crippen LogP contribution in [0.4, 0.5) is 13.6 Å². The molecule has 0 bridgehead atoms. The van der Waals surface area contributed by atoms with Crippen LogP contribution in [0.5, 0.6) is 0 Å². The number of hydrogen-bond donors (Lipinski definition) is 4. The van der Waals surface area contributed by atoms with Crippen molar-refractivity contribution in [2.75, 3.05) is 13.7 Å². The van der Waals surface area contributed by atoms with E-state index >= 15 is 0 Å². The SMILES string of the molecule is COC(=O)[C@@H](NC(=O)N[C@@H](Cc1ccccc1F)C(=O)C[C@H]1CCCCNC(=O)/C=C/[C@H](Cc2cccc(F)c2)NC1=O)C(C)C. The maximum absolute atomic E-state index is 14.6. The van der Waals surface area contributed by atoms with Crippen LogP contribution in [0.2, 0.25) is 0 Å². The van der Waals surface area contributed by atoms with Gasteiger partial charge in [0.15, 0.2) is 5.78 Å². The Kier molecular flexibility index (Phi) is 13.9. The summed E-state index contributed by atoms with van der Waals surface area (Å²) in [7, 11) is 1.20. The molecule has 0 saturated carbocycles. The maximum atomic E-state index is 14.6. The van der Waals surface area contributed by atoms with Crippen LogP contribution in [-0.4, -0.2) is 61.4 Å². The minimum Gasteiger partial charge on any atom is -0.467 e. The van der Waals surface area contributed by atoms with Crippen molar-refractivity contribution in [2.24, 2.45) is 11.8 Å². The highest BCUT2D eigenvalue weighted by Crippen LogP contribution is 2.19. The molecule has 0 aromatic heterocycles. The van der Waals surface area contributed by atoms with Gasteiger partial charge < -0.3 is 26.0 Å². The van der Waals surface area contributed by atoms with Crippen LogP contribution in [0, 0.1) is 23.5 Å². The summed E-state index contributed by atoms with van der Waals surface area (Å²) in [6.07, 6.45) is 3.98. The molecule has 0 fully saturated rings. The zero-order valence-electron chi connectivity index (χ0n) is 26.3. The number of methoxy groups -OCH3 is 1. The summed E-state index contributed by atoms with van der Waals surface area (Å²) in [6.45, 7) is 3.80. The third-order valence-electron chi connectivity index (χ3n) is 7.73. The second kappa shape index (κ2) is 17.8. The Morgan fingerprint density at radius 2 is 1.78 bits per heavy atom. The van der Waals surface area contributed by atoms with E-state index in [2.05, 4.69) is 21.3 Å². The predicted molar refractivity (Wildman–Crippen MR) is 167 cm³/mol. The van der Waals surface area contributed by atoms with E-state index in [4.69, 9.17) is 4.74 Å². The molecule has 0 spiro atoms. The van der Waals surface area contributed by atoms with E-state index in [1.807, 2.05) is 0 Å². The van der Waals surface area contributed by atoms with Gasteiger partial charge in [0.25, 0.3) is 0 Å². The minimum absolute atomic E-state index is 0.186. The summed E-state index contributed by atoms with van der Waals surface area (Å²) in [5.74, 6) is -4.06. The molecule has 1 heterocycles. The number of urea groups is 1. The number of nitrogens with one attached hydrogen (secondary N) is 4. The van der Waals surface area contributed by atoms with Crippen molar-refractivity contribution in [3.05, 3.63) is 83.4 Å². The van der Waals surface area contributed by atoms with Gasteiger partial charge in [0.05, 0.1) is 19.2 Å². The minimum atomic E-state index is -1.22. The summed E-state index contributed by atoms with van der Waals surface area (Å²) in [6, 6.07) is 8.04. The lowest BCUT2D eigenvalue weighted by Gasteiger charge is -2.25. The molecule has 2 aromatic rings. The topological polar surface area (TPSA) is 143 Å². The molecule has 1 aliphatic heterocycles. The number of ether oxygens (including phenoxy) is 1. The van der Waals surface area contributed by atoms with Crippen LogP contribution in [-0.2, 0) is 36.8 Å². The standard InChI is InChI=1S/C34H42F2N4O6/c1-21(2)31(33(44)46-3)40-34(45)39-28(19-23-10-4-5-13-27(23)36)29(41)20-24-11-6-7-16-37-30(42)15-14-26(38-32(24)43)18-22-9-8-12-25(35)17-22/h4-5,8-10,12-15,17,21,24,26,28,31H,6-7,11,16,18-20H2,1-3H3,(H,37,42)(H,38,43)(H2,39,40,45)/b15-14+/t24-,26-,28+,31+/m1/s1. The van der Waals surface area contributed by atoms with Gasteiger partial charge in [0.1, 0.15) is 17.7 Å². The fourth-order valence-corrected chi connectivity index (χ4v) is 5.18. The van der Waals surface area contributed by atoms with E-state index in [0.717, 1.165) is 0 Å². The monoisotopic (exact) mass is 640 g/mol. The van der Waals surface area contributed by atoms with Crippen molar-refractivity contribution in [2.45, 2.75) is 70.5 Å². The third-order valence-corrected chi connectivity index (χ3v) is 7.73. The Labute approximate surface area is 267 Å². The zero-order chi connectivity index (χ0) is 33.6. The van der Waals surface area contributed by atoms with Crippen molar-refractivity contribution < 1.29 is 37.5 Å². The molecule has 0 unspecified atom stereocenters. The van der Waals surface area contributed by atoms with Crippen LogP contribution < -0.4 is 21.3 Å². The number of rotatable bonds is 11. The molecule has 0 aliphatic carbocycles. The summed E-state index contributed by atoms with van der Waals surface area (Å²) in [5, 5.41) is 10.8. The maximum Gasteiger partial charge on any atom is 0.328 e. The van der Waals surface area contributed by atoms with Crippen molar-refractivity contribution >= 4 is 29.6 Å². The summed E-state index contributed by atoms with van der Waals surface area (Å²) < 4.78 is 33.3. The first kappa shape index (κ1) is 35.9. The number of amides is 4. The number of carbonyl (C=O) groups excluding carboxylic acids is 5. The number of benzene rings is 2. The van der Waals surface area contributed by atoms with E-state index in [1.54, 1.807) is 32.0 Å². The van der Waals surface area contributed by atoms with Gasteiger partial charge >= 0.3 is 12.0 Å².